The molecule has 1 aromatic carbocycles. The molecule has 0 radical (unpaired) electrons. The second-order valence-corrected chi connectivity index (χ2v) is 4.85. The van der Waals surface area contributed by atoms with Crippen molar-refractivity contribution in [2.24, 2.45) is 0 Å². The topological polar surface area (TPSA) is 27.1 Å². The predicted molar refractivity (Wildman–Crippen MR) is 77.5 cm³/mol. The summed E-state index contributed by atoms with van der Waals surface area (Å²) in [5.74, 6) is 0.960. The van der Waals surface area contributed by atoms with Gasteiger partial charge in [0.25, 0.3) is 0 Å². The van der Waals surface area contributed by atoms with Crippen molar-refractivity contribution in [3.63, 3.8) is 0 Å². The lowest BCUT2D eigenvalue weighted by atomic mass is 10.1. The molecule has 0 saturated heterocycles. The molecule has 0 aliphatic rings. The largest absolute Gasteiger partial charge is 0.487 e. The number of nitrogens with zero attached hydrogens (tertiary/aromatic N) is 2. The molecule has 0 saturated carbocycles. The van der Waals surface area contributed by atoms with Crippen LogP contribution in [0.4, 0.5) is 0 Å². The summed E-state index contributed by atoms with van der Waals surface area (Å²) in [7, 11) is 0. The van der Waals surface area contributed by atoms with Gasteiger partial charge in [0.2, 0.25) is 0 Å². The van der Waals surface area contributed by atoms with Crippen LogP contribution in [-0.2, 0) is 19.6 Å². The Kier molecular flexibility index (Phi) is 4.25. The Morgan fingerprint density at radius 2 is 1.95 bits per heavy atom. The molecular weight excluding hydrogens is 236 g/mol. The Hall–Kier alpha value is -1.77. The van der Waals surface area contributed by atoms with Gasteiger partial charge in [0.05, 0.1) is 11.4 Å². The van der Waals surface area contributed by atoms with Gasteiger partial charge in [-0.05, 0) is 50.5 Å². The molecule has 0 aliphatic heterocycles. The first-order valence-electron chi connectivity index (χ1n) is 6.89. The van der Waals surface area contributed by atoms with Crippen molar-refractivity contribution < 1.29 is 4.74 Å². The van der Waals surface area contributed by atoms with E-state index in [2.05, 4.69) is 57.1 Å². The molecule has 0 fully saturated rings. The molecule has 2 aromatic rings. The summed E-state index contributed by atoms with van der Waals surface area (Å²) < 4.78 is 7.96. The van der Waals surface area contributed by atoms with Gasteiger partial charge >= 0.3 is 0 Å². The lowest BCUT2D eigenvalue weighted by molar-refractivity contribution is 0.290. The van der Waals surface area contributed by atoms with E-state index in [4.69, 9.17) is 4.74 Å². The van der Waals surface area contributed by atoms with E-state index in [1.807, 2.05) is 4.68 Å². The fourth-order valence-electron chi connectivity index (χ4n) is 2.09. The van der Waals surface area contributed by atoms with Crippen LogP contribution in [0.5, 0.6) is 5.75 Å². The number of aryl methyl sites for hydroxylation is 4. The number of rotatable bonds is 5. The van der Waals surface area contributed by atoms with E-state index in [0.29, 0.717) is 6.61 Å². The fourth-order valence-corrected chi connectivity index (χ4v) is 2.09. The zero-order valence-corrected chi connectivity index (χ0v) is 12.2. The SMILES string of the molecule is CCc1cc(COc2cc(C)ccc2C)n(CC)n1. The summed E-state index contributed by atoms with van der Waals surface area (Å²) in [6, 6.07) is 8.42. The third-order valence-electron chi connectivity index (χ3n) is 3.29. The summed E-state index contributed by atoms with van der Waals surface area (Å²) in [6.45, 7) is 9.84. The van der Waals surface area contributed by atoms with Crippen LogP contribution in [0.1, 0.15) is 36.4 Å². The first-order chi connectivity index (χ1) is 9.13. The first-order valence-corrected chi connectivity index (χ1v) is 6.89. The van der Waals surface area contributed by atoms with Gasteiger partial charge in [0.15, 0.2) is 0 Å². The highest BCUT2D eigenvalue weighted by Crippen LogP contribution is 2.20. The standard InChI is InChI=1S/C16H22N2O/c1-5-14-10-15(18(6-2)17-14)11-19-16-9-12(3)7-8-13(16)4/h7-10H,5-6,11H2,1-4H3. The molecule has 1 heterocycles. The highest BCUT2D eigenvalue weighted by molar-refractivity contribution is 5.36. The van der Waals surface area contributed by atoms with Crippen molar-refractivity contribution in [1.29, 1.82) is 0 Å². The third kappa shape index (κ3) is 3.16. The van der Waals surface area contributed by atoms with E-state index in [-0.39, 0.29) is 0 Å². The zero-order chi connectivity index (χ0) is 13.8. The Labute approximate surface area is 115 Å². The van der Waals surface area contributed by atoms with E-state index in [1.165, 1.54) is 11.1 Å². The fraction of sp³-hybridized carbons (Fsp3) is 0.438. The molecule has 3 nitrogen and oxygen atoms in total. The summed E-state index contributed by atoms with van der Waals surface area (Å²) in [5.41, 5.74) is 4.66. The average molecular weight is 258 g/mol. The highest BCUT2D eigenvalue weighted by Gasteiger charge is 2.07. The molecule has 0 bridgehead atoms. The molecule has 2 rings (SSSR count). The van der Waals surface area contributed by atoms with Gasteiger partial charge in [-0.1, -0.05) is 19.1 Å². The normalized spacial score (nSPS) is 10.7. The highest BCUT2D eigenvalue weighted by atomic mass is 16.5. The molecule has 0 unspecified atom stereocenters. The maximum atomic E-state index is 5.94. The van der Waals surface area contributed by atoms with Gasteiger partial charge in [-0.25, -0.2) is 0 Å². The van der Waals surface area contributed by atoms with E-state index in [1.54, 1.807) is 0 Å². The minimum Gasteiger partial charge on any atom is -0.487 e. The van der Waals surface area contributed by atoms with Gasteiger partial charge in [0.1, 0.15) is 12.4 Å². The lowest BCUT2D eigenvalue weighted by Gasteiger charge is -2.10. The molecule has 102 valence electrons. The number of hydrogen-bond acceptors (Lipinski definition) is 2. The molecule has 0 spiro atoms. The maximum Gasteiger partial charge on any atom is 0.130 e. The Morgan fingerprint density at radius 3 is 2.63 bits per heavy atom. The number of ether oxygens (including phenoxy) is 1. The molecule has 3 heteroatoms. The maximum absolute atomic E-state index is 5.94. The van der Waals surface area contributed by atoms with Crippen LogP contribution in [-0.4, -0.2) is 9.78 Å². The lowest BCUT2D eigenvalue weighted by Crippen LogP contribution is -2.06. The van der Waals surface area contributed by atoms with Gasteiger partial charge < -0.3 is 4.74 Å². The molecule has 1 aromatic heterocycles. The quantitative estimate of drug-likeness (QED) is 0.818. The minimum atomic E-state index is 0.575. The van der Waals surface area contributed by atoms with Crippen molar-refractivity contribution in [3.05, 3.63) is 46.8 Å². The summed E-state index contributed by atoms with van der Waals surface area (Å²) in [5, 5.41) is 4.54. The number of benzene rings is 1. The van der Waals surface area contributed by atoms with Crippen LogP contribution in [0.3, 0.4) is 0 Å². The zero-order valence-electron chi connectivity index (χ0n) is 12.2. The van der Waals surface area contributed by atoms with Gasteiger partial charge in [-0.2, -0.15) is 5.10 Å². The summed E-state index contributed by atoms with van der Waals surface area (Å²) in [4.78, 5) is 0. The molecule has 0 N–H and O–H groups in total. The average Bonchev–Trinajstić information content (AvgIpc) is 2.82. The van der Waals surface area contributed by atoms with Crippen LogP contribution in [0.25, 0.3) is 0 Å². The summed E-state index contributed by atoms with van der Waals surface area (Å²) >= 11 is 0. The van der Waals surface area contributed by atoms with Crippen molar-refractivity contribution in [2.75, 3.05) is 0 Å². The Balaban J connectivity index is 2.13. The Morgan fingerprint density at radius 1 is 1.16 bits per heavy atom. The van der Waals surface area contributed by atoms with Crippen molar-refractivity contribution in [3.8, 4) is 5.75 Å². The van der Waals surface area contributed by atoms with Crippen LogP contribution in [0.2, 0.25) is 0 Å². The number of hydrogen-bond donors (Lipinski definition) is 0. The van der Waals surface area contributed by atoms with Crippen molar-refractivity contribution >= 4 is 0 Å². The van der Waals surface area contributed by atoms with E-state index in [9.17, 15) is 0 Å². The van der Waals surface area contributed by atoms with Gasteiger partial charge in [0, 0.05) is 6.54 Å². The predicted octanol–water partition coefficient (Wildman–Crippen LogP) is 3.66. The molecule has 0 amide bonds. The molecule has 0 atom stereocenters. The van der Waals surface area contributed by atoms with E-state index >= 15 is 0 Å². The van der Waals surface area contributed by atoms with Crippen LogP contribution < -0.4 is 4.74 Å². The van der Waals surface area contributed by atoms with Crippen LogP contribution >= 0.6 is 0 Å². The first kappa shape index (κ1) is 13.7. The smallest absolute Gasteiger partial charge is 0.130 e. The van der Waals surface area contributed by atoms with Crippen LogP contribution in [0.15, 0.2) is 24.3 Å². The van der Waals surface area contributed by atoms with Crippen LogP contribution in [0, 0.1) is 13.8 Å². The second kappa shape index (κ2) is 5.91. The third-order valence-corrected chi connectivity index (χ3v) is 3.29. The van der Waals surface area contributed by atoms with Crippen molar-refractivity contribution in [1.82, 2.24) is 9.78 Å². The van der Waals surface area contributed by atoms with E-state index < -0.39 is 0 Å². The number of aromatic nitrogens is 2. The molecular formula is C16H22N2O. The van der Waals surface area contributed by atoms with Crippen molar-refractivity contribution in [2.45, 2.75) is 47.3 Å². The second-order valence-electron chi connectivity index (χ2n) is 4.85. The Bertz CT molecular complexity index is 558. The molecule has 19 heavy (non-hydrogen) atoms. The van der Waals surface area contributed by atoms with E-state index in [0.717, 1.165) is 30.1 Å². The monoisotopic (exact) mass is 258 g/mol. The van der Waals surface area contributed by atoms with Gasteiger partial charge in [-0.3, -0.25) is 4.68 Å². The summed E-state index contributed by atoms with van der Waals surface area (Å²) in [6.07, 6.45) is 0.962. The van der Waals surface area contributed by atoms with Gasteiger partial charge in [-0.15, -0.1) is 0 Å². The molecule has 0 aliphatic carbocycles. The minimum absolute atomic E-state index is 0.575.